The molecule has 0 unspecified atom stereocenters. The zero-order valence-electron chi connectivity index (χ0n) is 18.3. The number of amides is 1. The van der Waals surface area contributed by atoms with Gasteiger partial charge in [-0.3, -0.25) is 9.36 Å². The fraction of sp³-hybridized carbons (Fsp3) is 0.292. The summed E-state index contributed by atoms with van der Waals surface area (Å²) in [6.07, 6.45) is 3.94. The van der Waals surface area contributed by atoms with Gasteiger partial charge < -0.3 is 10.1 Å². The molecular formula is C24H27ClN4O2S. The highest BCUT2D eigenvalue weighted by Gasteiger charge is 2.15. The van der Waals surface area contributed by atoms with E-state index in [0.717, 1.165) is 29.8 Å². The highest BCUT2D eigenvalue weighted by molar-refractivity contribution is 7.99. The van der Waals surface area contributed by atoms with Gasteiger partial charge in [0.15, 0.2) is 11.0 Å². The van der Waals surface area contributed by atoms with E-state index in [1.54, 1.807) is 18.2 Å². The SMILES string of the molecule is C=CCn1c(COc2ccc(CCC)cc2)nnc1SCC(=O)Nc1ccc(Cl)cc1C. The number of carbonyl (C=O) groups is 1. The van der Waals surface area contributed by atoms with Gasteiger partial charge in [-0.15, -0.1) is 16.8 Å². The van der Waals surface area contributed by atoms with Crippen molar-refractivity contribution in [1.29, 1.82) is 0 Å². The standard InChI is InChI=1S/C24H27ClN4O2S/c1-4-6-18-7-10-20(11-8-18)31-15-22-27-28-24(29(22)13-5-2)32-16-23(30)26-21-12-9-19(25)14-17(21)3/h5,7-12,14H,2,4,6,13,15-16H2,1,3H3,(H,26,30). The number of hydrogen-bond acceptors (Lipinski definition) is 5. The highest BCUT2D eigenvalue weighted by Crippen LogP contribution is 2.22. The van der Waals surface area contributed by atoms with Crippen LogP contribution in [0.5, 0.6) is 5.75 Å². The van der Waals surface area contributed by atoms with E-state index in [-0.39, 0.29) is 18.3 Å². The van der Waals surface area contributed by atoms with Crippen LogP contribution in [0, 0.1) is 6.92 Å². The minimum absolute atomic E-state index is 0.126. The lowest BCUT2D eigenvalue weighted by atomic mass is 10.1. The zero-order chi connectivity index (χ0) is 22.9. The van der Waals surface area contributed by atoms with Gasteiger partial charge in [0.1, 0.15) is 12.4 Å². The molecule has 0 spiro atoms. The number of benzene rings is 2. The summed E-state index contributed by atoms with van der Waals surface area (Å²) in [7, 11) is 0. The van der Waals surface area contributed by atoms with Crippen LogP contribution in [-0.2, 0) is 24.4 Å². The maximum absolute atomic E-state index is 12.4. The lowest BCUT2D eigenvalue weighted by molar-refractivity contribution is -0.113. The second kappa shape index (κ2) is 11.7. The molecule has 0 saturated carbocycles. The van der Waals surface area contributed by atoms with Gasteiger partial charge >= 0.3 is 0 Å². The summed E-state index contributed by atoms with van der Waals surface area (Å²) in [4.78, 5) is 12.4. The predicted molar refractivity (Wildman–Crippen MR) is 131 cm³/mol. The number of halogens is 1. The third kappa shape index (κ3) is 6.61. The maximum Gasteiger partial charge on any atom is 0.234 e. The van der Waals surface area contributed by atoms with Crippen molar-refractivity contribution in [2.75, 3.05) is 11.1 Å². The molecule has 0 aliphatic carbocycles. The van der Waals surface area contributed by atoms with Crippen molar-refractivity contribution in [3.63, 3.8) is 0 Å². The molecule has 0 bridgehead atoms. The van der Waals surface area contributed by atoms with Gasteiger partial charge in [-0.25, -0.2) is 0 Å². The number of carbonyl (C=O) groups excluding carboxylic acids is 1. The van der Waals surface area contributed by atoms with Crippen molar-refractivity contribution in [2.45, 2.75) is 45.0 Å². The Bertz CT molecular complexity index is 1070. The van der Waals surface area contributed by atoms with Crippen LogP contribution >= 0.6 is 23.4 Å². The third-order valence-corrected chi connectivity index (χ3v) is 5.93. The summed E-state index contributed by atoms with van der Waals surface area (Å²) >= 11 is 7.30. The molecule has 1 aromatic heterocycles. The van der Waals surface area contributed by atoms with Crippen LogP contribution < -0.4 is 10.1 Å². The molecule has 3 aromatic rings. The molecule has 0 saturated heterocycles. The Morgan fingerprint density at radius 2 is 2.03 bits per heavy atom. The molecule has 0 aliphatic rings. The molecule has 1 amide bonds. The van der Waals surface area contributed by atoms with Crippen LogP contribution in [0.3, 0.4) is 0 Å². The van der Waals surface area contributed by atoms with Gasteiger partial charge in [0.2, 0.25) is 5.91 Å². The Morgan fingerprint density at radius 3 is 2.72 bits per heavy atom. The number of hydrogen-bond donors (Lipinski definition) is 1. The molecule has 0 atom stereocenters. The maximum atomic E-state index is 12.4. The van der Waals surface area contributed by atoms with E-state index in [9.17, 15) is 4.79 Å². The molecule has 0 aliphatic heterocycles. The van der Waals surface area contributed by atoms with Gasteiger partial charge in [-0.2, -0.15) is 0 Å². The Hall–Kier alpha value is -2.77. The summed E-state index contributed by atoms with van der Waals surface area (Å²) < 4.78 is 7.80. The van der Waals surface area contributed by atoms with Gasteiger partial charge in [-0.05, 0) is 54.8 Å². The van der Waals surface area contributed by atoms with Crippen LogP contribution in [0.15, 0.2) is 60.3 Å². The van der Waals surface area contributed by atoms with Crippen molar-refractivity contribution in [2.24, 2.45) is 0 Å². The van der Waals surface area contributed by atoms with Gasteiger partial charge in [-0.1, -0.05) is 54.9 Å². The highest BCUT2D eigenvalue weighted by atomic mass is 35.5. The van der Waals surface area contributed by atoms with Gasteiger partial charge in [0.05, 0.1) is 5.75 Å². The Balaban J connectivity index is 1.59. The zero-order valence-corrected chi connectivity index (χ0v) is 19.9. The second-order valence-corrected chi connectivity index (χ2v) is 8.66. The molecule has 32 heavy (non-hydrogen) atoms. The van der Waals surface area contributed by atoms with E-state index in [1.807, 2.05) is 29.7 Å². The first-order valence-electron chi connectivity index (χ1n) is 10.4. The largest absolute Gasteiger partial charge is 0.486 e. The summed E-state index contributed by atoms with van der Waals surface area (Å²) in [5, 5.41) is 12.7. The molecule has 1 N–H and O–H groups in total. The smallest absolute Gasteiger partial charge is 0.234 e. The Labute approximate surface area is 198 Å². The minimum Gasteiger partial charge on any atom is -0.486 e. The molecule has 6 nitrogen and oxygen atoms in total. The minimum atomic E-state index is -0.126. The van der Waals surface area contributed by atoms with Crippen LogP contribution in [0.2, 0.25) is 5.02 Å². The number of nitrogens with zero attached hydrogens (tertiary/aromatic N) is 3. The lowest BCUT2D eigenvalue weighted by Crippen LogP contribution is -2.15. The molecule has 0 fully saturated rings. The second-order valence-electron chi connectivity index (χ2n) is 7.28. The molecule has 0 radical (unpaired) electrons. The van der Waals surface area contributed by atoms with E-state index in [0.29, 0.717) is 22.5 Å². The molecule has 3 rings (SSSR count). The molecule has 168 valence electrons. The number of aromatic nitrogens is 3. The fourth-order valence-corrected chi connectivity index (χ4v) is 4.11. The summed E-state index contributed by atoms with van der Waals surface area (Å²) in [6.45, 7) is 8.69. The quantitative estimate of drug-likeness (QED) is 0.288. The number of aryl methyl sites for hydroxylation is 2. The monoisotopic (exact) mass is 470 g/mol. The molecule has 1 heterocycles. The third-order valence-electron chi connectivity index (χ3n) is 4.73. The number of ether oxygens (including phenoxy) is 1. The van der Waals surface area contributed by atoms with Crippen molar-refractivity contribution < 1.29 is 9.53 Å². The van der Waals surface area contributed by atoms with E-state index >= 15 is 0 Å². The average Bonchev–Trinajstić information content (AvgIpc) is 3.16. The van der Waals surface area contributed by atoms with Crippen molar-refractivity contribution in [1.82, 2.24) is 14.8 Å². The first-order chi connectivity index (χ1) is 15.5. The van der Waals surface area contributed by atoms with Crippen molar-refractivity contribution in [3.8, 4) is 5.75 Å². The van der Waals surface area contributed by atoms with Gasteiger partial charge in [0, 0.05) is 17.3 Å². The summed E-state index contributed by atoms with van der Waals surface area (Å²) in [6, 6.07) is 13.5. The predicted octanol–water partition coefficient (Wildman–Crippen LogP) is 5.69. The summed E-state index contributed by atoms with van der Waals surface area (Å²) in [5.74, 6) is 1.54. The van der Waals surface area contributed by atoms with Crippen LogP contribution in [0.1, 0.15) is 30.3 Å². The van der Waals surface area contributed by atoms with Crippen LogP contribution in [0.25, 0.3) is 0 Å². The lowest BCUT2D eigenvalue weighted by Gasteiger charge is -2.10. The van der Waals surface area contributed by atoms with Crippen molar-refractivity contribution in [3.05, 3.63) is 77.1 Å². The number of thioether (sulfide) groups is 1. The average molecular weight is 471 g/mol. The topological polar surface area (TPSA) is 69.0 Å². The first kappa shape index (κ1) is 23.9. The van der Waals surface area contributed by atoms with Crippen molar-refractivity contribution >= 4 is 35.0 Å². The normalized spacial score (nSPS) is 10.7. The van der Waals surface area contributed by atoms with Gasteiger partial charge in [0.25, 0.3) is 0 Å². The van der Waals surface area contributed by atoms with Crippen LogP contribution in [0.4, 0.5) is 5.69 Å². The fourth-order valence-electron chi connectivity index (χ4n) is 3.12. The number of rotatable bonds is 11. The molecule has 8 heteroatoms. The van der Waals surface area contributed by atoms with E-state index in [1.165, 1.54) is 17.3 Å². The van der Waals surface area contributed by atoms with Crippen LogP contribution in [-0.4, -0.2) is 26.4 Å². The number of allylic oxidation sites excluding steroid dienone is 1. The number of anilines is 1. The summed E-state index contributed by atoms with van der Waals surface area (Å²) in [5.41, 5.74) is 2.94. The molecule has 2 aromatic carbocycles. The molecular weight excluding hydrogens is 444 g/mol. The first-order valence-corrected chi connectivity index (χ1v) is 11.8. The Kier molecular flexibility index (Phi) is 8.76. The van der Waals surface area contributed by atoms with E-state index in [4.69, 9.17) is 16.3 Å². The Morgan fingerprint density at radius 1 is 1.25 bits per heavy atom. The number of nitrogens with one attached hydrogen (secondary N) is 1. The van der Waals surface area contributed by atoms with E-state index < -0.39 is 0 Å². The van der Waals surface area contributed by atoms with E-state index in [2.05, 4.69) is 41.1 Å².